The summed E-state index contributed by atoms with van der Waals surface area (Å²) in [6, 6.07) is 15.5. The van der Waals surface area contributed by atoms with Gasteiger partial charge in [0, 0.05) is 0 Å². The second kappa shape index (κ2) is 7.47. The summed E-state index contributed by atoms with van der Waals surface area (Å²) in [4.78, 5) is 13.1. The van der Waals surface area contributed by atoms with Crippen LogP contribution >= 0.6 is 0 Å². The maximum Gasteiger partial charge on any atom is 0.338 e. The fourth-order valence-corrected chi connectivity index (χ4v) is 6.80. The van der Waals surface area contributed by atoms with Crippen LogP contribution in [0.25, 0.3) is 0 Å². The van der Waals surface area contributed by atoms with Crippen molar-refractivity contribution in [3.63, 3.8) is 0 Å². The third-order valence-corrected chi connectivity index (χ3v) is 8.16. The standard InChI is InChI=1S/C23H23NO6S/c1-28-17-9-5-8-16(13-17)22(25)29-21-19(12-15-6-3-2-4-7-15)24-31(26,27)20-14-18-10-11-23(20,21)30-18/h2-11,13,18-21,24H,12,14H2,1H3/t18-,19-,20-,21+,23+/m0/s1. The average Bonchev–Trinajstić information content (AvgIpc) is 3.37. The number of hydrogen-bond acceptors (Lipinski definition) is 6. The Morgan fingerprint density at radius 3 is 2.74 bits per heavy atom. The second-order valence-corrected chi connectivity index (χ2v) is 10.0. The molecule has 1 spiro atoms. The van der Waals surface area contributed by atoms with Gasteiger partial charge in [-0.3, -0.25) is 0 Å². The number of fused-ring (bicyclic) bond motifs is 1. The second-order valence-electron chi connectivity index (χ2n) is 8.11. The van der Waals surface area contributed by atoms with Crippen molar-refractivity contribution in [3.8, 4) is 5.75 Å². The van der Waals surface area contributed by atoms with Gasteiger partial charge in [0.25, 0.3) is 0 Å². The Labute approximate surface area is 181 Å². The molecule has 2 aromatic carbocycles. The summed E-state index contributed by atoms with van der Waals surface area (Å²) in [5, 5.41) is -0.801. The molecule has 3 heterocycles. The molecule has 5 atom stereocenters. The van der Waals surface area contributed by atoms with Crippen LogP contribution in [0.15, 0.2) is 66.7 Å². The molecule has 0 aromatic heterocycles. The lowest BCUT2D eigenvalue weighted by Crippen LogP contribution is -2.68. The third-order valence-electron chi connectivity index (χ3n) is 6.21. The fraction of sp³-hybridized carbons (Fsp3) is 0.348. The molecule has 0 amide bonds. The van der Waals surface area contributed by atoms with Gasteiger partial charge < -0.3 is 14.2 Å². The van der Waals surface area contributed by atoms with E-state index in [1.165, 1.54) is 7.11 Å². The van der Waals surface area contributed by atoms with Crippen LogP contribution < -0.4 is 9.46 Å². The van der Waals surface area contributed by atoms with E-state index in [1.54, 1.807) is 30.3 Å². The average molecular weight is 442 g/mol. The highest BCUT2D eigenvalue weighted by molar-refractivity contribution is 7.90. The molecule has 8 heteroatoms. The number of nitrogens with one attached hydrogen (secondary N) is 1. The number of hydrogen-bond donors (Lipinski definition) is 1. The van der Waals surface area contributed by atoms with Gasteiger partial charge in [-0.1, -0.05) is 42.5 Å². The number of ether oxygens (including phenoxy) is 3. The van der Waals surface area contributed by atoms with Gasteiger partial charge in [-0.25, -0.2) is 17.9 Å². The minimum Gasteiger partial charge on any atom is -0.497 e. The van der Waals surface area contributed by atoms with E-state index in [0.29, 0.717) is 24.2 Å². The molecule has 7 nitrogen and oxygen atoms in total. The van der Waals surface area contributed by atoms with E-state index in [9.17, 15) is 13.2 Å². The van der Waals surface area contributed by atoms with Crippen molar-refractivity contribution in [3.05, 3.63) is 77.9 Å². The van der Waals surface area contributed by atoms with Crippen LogP contribution in [-0.2, 0) is 25.9 Å². The quantitative estimate of drug-likeness (QED) is 0.565. The first-order valence-electron chi connectivity index (χ1n) is 10.2. The molecular weight excluding hydrogens is 418 g/mol. The highest BCUT2D eigenvalue weighted by atomic mass is 32.2. The molecular formula is C23H23NO6S. The molecule has 2 saturated heterocycles. The number of methoxy groups -OCH3 is 1. The van der Waals surface area contributed by atoms with E-state index in [0.717, 1.165) is 5.56 Å². The minimum absolute atomic E-state index is 0.296. The van der Waals surface area contributed by atoms with Gasteiger partial charge in [0.2, 0.25) is 10.0 Å². The third kappa shape index (κ3) is 3.44. The van der Waals surface area contributed by atoms with Crippen LogP contribution in [0, 0.1) is 0 Å². The summed E-state index contributed by atoms with van der Waals surface area (Å²) in [6.45, 7) is 0. The Morgan fingerprint density at radius 1 is 1.19 bits per heavy atom. The predicted octanol–water partition coefficient (Wildman–Crippen LogP) is 2.23. The summed E-state index contributed by atoms with van der Waals surface area (Å²) in [7, 11) is -2.13. The first-order chi connectivity index (χ1) is 14.9. The van der Waals surface area contributed by atoms with Crippen molar-refractivity contribution in [1.82, 2.24) is 4.72 Å². The zero-order chi connectivity index (χ0) is 21.6. The van der Waals surface area contributed by atoms with Crippen molar-refractivity contribution >= 4 is 16.0 Å². The Kier molecular flexibility index (Phi) is 4.88. The number of sulfonamides is 1. The highest BCUT2D eigenvalue weighted by Gasteiger charge is 2.66. The Bertz CT molecular complexity index is 1130. The molecule has 2 bridgehead atoms. The molecule has 3 aliphatic rings. The minimum atomic E-state index is -3.65. The van der Waals surface area contributed by atoms with Crippen LogP contribution in [0.5, 0.6) is 5.75 Å². The van der Waals surface area contributed by atoms with Crippen molar-refractivity contribution in [2.24, 2.45) is 0 Å². The van der Waals surface area contributed by atoms with Crippen LogP contribution in [0.1, 0.15) is 22.3 Å². The maximum atomic E-state index is 13.1. The van der Waals surface area contributed by atoms with E-state index in [1.807, 2.05) is 36.4 Å². The number of benzene rings is 2. The number of rotatable bonds is 5. The topological polar surface area (TPSA) is 90.9 Å². The smallest absolute Gasteiger partial charge is 0.338 e. The van der Waals surface area contributed by atoms with E-state index in [2.05, 4.69) is 4.72 Å². The zero-order valence-electron chi connectivity index (χ0n) is 16.9. The Morgan fingerprint density at radius 2 is 2.00 bits per heavy atom. The molecule has 162 valence electrons. The van der Waals surface area contributed by atoms with Gasteiger partial charge in [-0.2, -0.15) is 0 Å². The molecule has 0 aliphatic carbocycles. The lowest BCUT2D eigenvalue weighted by Gasteiger charge is -2.45. The van der Waals surface area contributed by atoms with Crippen molar-refractivity contribution in [2.45, 2.75) is 41.9 Å². The van der Waals surface area contributed by atoms with Crippen LogP contribution in [0.4, 0.5) is 0 Å². The van der Waals surface area contributed by atoms with Gasteiger partial charge in [0.15, 0.2) is 6.10 Å². The summed E-state index contributed by atoms with van der Waals surface area (Å²) < 4.78 is 46.2. The molecule has 2 fully saturated rings. The van der Waals surface area contributed by atoms with Crippen molar-refractivity contribution in [1.29, 1.82) is 0 Å². The van der Waals surface area contributed by atoms with Crippen LogP contribution in [0.2, 0.25) is 0 Å². The number of carbonyl (C=O) groups excluding carboxylic acids is 1. The highest BCUT2D eigenvalue weighted by Crippen LogP contribution is 2.48. The van der Waals surface area contributed by atoms with Crippen LogP contribution in [0.3, 0.4) is 0 Å². The van der Waals surface area contributed by atoms with E-state index in [-0.39, 0.29) is 6.10 Å². The van der Waals surface area contributed by atoms with Gasteiger partial charge in [-0.05, 0) is 42.7 Å². The molecule has 0 unspecified atom stereocenters. The monoisotopic (exact) mass is 441 g/mol. The molecule has 2 aromatic rings. The lowest BCUT2D eigenvalue weighted by molar-refractivity contribution is -0.0867. The molecule has 0 radical (unpaired) electrons. The predicted molar refractivity (Wildman–Crippen MR) is 113 cm³/mol. The number of carbonyl (C=O) groups is 1. The van der Waals surface area contributed by atoms with Gasteiger partial charge in [0.05, 0.1) is 24.8 Å². The maximum absolute atomic E-state index is 13.1. The van der Waals surface area contributed by atoms with E-state index < -0.39 is 39.0 Å². The fourth-order valence-electron chi connectivity index (χ4n) is 4.81. The Balaban J connectivity index is 1.51. The van der Waals surface area contributed by atoms with Crippen LogP contribution in [-0.4, -0.2) is 50.6 Å². The molecule has 5 rings (SSSR count). The molecule has 31 heavy (non-hydrogen) atoms. The largest absolute Gasteiger partial charge is 0.497 e. The van der Waals surface area contributed by atoms with Gasteiger partial charge in [0.1, 0.15) is 16.6 Å². The van der Waals surface area contributed by atoms with E-state index >= 15 is 0 Å². The summed E-state index contributed by atoms with van der Waals surface area (Å²) in [5.74, 6) is -0.0165. The summed E-state index contributed by atoms with van der Waals surface area (Å²) in [5.41, 5.74) is 0.0719. The van der Waals surface area contributed by atoms with Crippen molar-refractivity contribution in [2.75, 3.05) is 7.11 Å². The van der Waals surface area contributed by atoms with Crippen molar-refractivity contribution < 1.29 is 27.4 Å². The van der Waals surface area contributed by atoms with E-state index in [4.69, 9.17) is 14.2 Å². The number of esters is 1. The lowest BCUT2D eigenvalue weighted by atomic mass is 9.83. The first-order valence-corrected chi connectivity index (χ1v) is 11.7. The first kappa shape index (κ1) is 20.2. The van der Waals surface area contributed by atoms with Gasteiger partial charge >= 0.3 is 5.97 Å². The Hall–Kier alpha value is -2.68. The normalized spacial score (nSPS) is 32.4. The summed E-state index contributed by atoms with van der Waals surface area (Å²) in [6.07, 6.45) is 3.23. The zero-order valence-corrected chi connectivity index (χ0v) is 17.7. The molecule has 1 N–H and O–H groups in total. The van der Waals surface area contributed by atoms with Gasteiger partial charge in [-0.15, -0.1) is 0 Å². The SMILES string of the molecule is COc1cccc(C(=O)O[C@@H]2[C@H](Cc3ccccc3)NS(=O)(=O)[C@H]3C[C@@H]4C=C[C@]23O4)c1. The molecule has 3 aliphatic heterocycles. The summed E-state index contributed by atoms with van der Waals surface area (Å²) >= 11 is 0. The molecule has 0 saturated carbocycles.